The minimum absolute atomic E-state index is 0.0337. The summed E-state index contributed by atoms with van der Waals surface area (Å²) in [5, 5.41) is 17.4. The molecule has 10 heteroatoms. The molecule has 5 aromatic rings. The van der Waals surface area contributed by atoms with E-state index < -0.39 is 0 Å². The predicted molar refractivity (Wildman–Crippen MR) is 199 cm³/mol. The lowest BCUT2D eigenvalue weighted by Gasteiger charge is -2.31. The summed E-state index contributed by atoms with van der Waals surface area (Å²) >= 11 is 7.69. The van der Waals surface area contributed by atoms with Crippen LogP contribution in [0.5, 0.6) is 11.5 Å². The lowest BCUT2D eigenvalue weighted by molar-refractivity contribution is 0.297. The SMILES string of the molecule is CC(C)c1ccc(-n2cc(COc3cc4c(cc3Br)C(C)(C)CC43CC(C)(C)c4cc(Br)c(OCc5cn(C(C)C)nn5)cc43)nn2)cc1. The van der Waals surface area contributed by atoms with Crippen molar-refractivity contribution in [1.29, 1.82) is 0 Å². The molecule has 2 aromatic heterocycles. The Morgan fingerprint density at radius 1 is 0.694 bits per heavy atom. The molecule has 0 N–H and O–H groups in total. The van der Waals surface area contributed by atoms with Crippen LogP contribution < -0.4 is 9.47 Å². The van der Waals surface area contributed by atoms with Crippen molar-refractivity contribution in [2.45, 2.75) is 110 Å². The van der Waals surface area contributed by atoms with Crippen molar-refractivity contribution in [3.05, 3.63) is 109 Å². The highest BCUT2D eigenvalue weighted by atomic mass is 79.9. The molecule has 256 valence electrons. The average Bonchev–Trinajstić information content (AvgIpc) is 3.80. The van der Waals surface area contributed by atoms with E-state index >= 15 is 0 Å². The van der Waals surface area contributed by atoms with Crippen LogP contribution in [0, 0.1) is 0 Å². The van der Waals surface area contributed by atoms with Crippen LogP contribution >= 0.6 is 31.9 Å². The summed E-state index contributed by atoms with van der Waals surface area (Å²) < 4.78 is 18.5. The summed E-state index contributed by atoms with van der Waals surface area (Å²) in [5.74, 6) is 2.10. The molecule has 1 spiro atoms. The van der Waals surface area contributed by atoms with Gasteiger partial charge in [-0.25, -0.2) is 9.36 Å². The summed E-state index contributed by atoms with van der Waals surface area (Å²) in [4.78, 5) is 0. The number of rotatable bonds is 9. The van der Waals surface area contributed by atoms with E-state index in [1.807, 2.05) is 17.1 Å². The second kappa shape index (κ2) is 12.4. The lowest BCUT2D eigenvalue weighted by atomic mass is 9.72. The second-order valence-electron chi connectivity index (χ2n) is 15.6. The van der Waals surface area contributed by atoms with Gasteiger partial charge in [-0.3, -0.25) is 0 Å². The van der Waals surface area contributed by atoms with E-state index in [0.717, 1.165) is 50.4 Å². The van der Waals surface area contributed by atoms with Gasteiger partial charge in [-0.2, -0.15) is 0 Å². The molecule has 1 unspecified atom stereocenters. The lowest BCUT2D eigenvalue weighted by Crippen LogP contribution is -2.27. The fourth-order valence-electron chi connectivity index (χ4n) is 7.97. The van der Waals surface area contributed by atoms with Gasteiger partial charge in [0.2, 0.25) is 0 Å². The van der Waals surface area contributed by atoms with Crippen LogP contribution in [0.15, 0.2) is 69.9 Å². The van der Waals surface area contributed by atoms with Gasteiger partial charge in [0.1, 0.15) is 36.1 Å². The van der Waals surface area contributed by atoms with Crippen molar-refractivity contribution in [2.24, 2.45) is 0 Å². The molecular formula is C39H44Br2N6O2. The highest BCUT2D eigenvalue weighted by molar-refractivity contribution is 9.11. The maximum Gasteiger partial charge on any atom is 0.134 e. The Morgan fingerprint density at radius 2 is 1.20 bits per heavy atom. The van der Waals surface area contributed by atoms with Gasteiger partial charge < -0.3 is 9.47 Å². The molecule has 0 radical (unpaired) electrons. The highest BCUT2D eigenvalue weighted by Crippen LogP contribution is 2.64. The van der Waals surface area contributed by atoms with Gasteiger partial charge in [-0.05, 0) is 140 Å². The molecule has 2 heterocycles. The topological polar surface area (TPSA) is 79.9 Å². The van der Waals surface area contributed by atoms with Crippen molar-refractivity contribution in [1.82, 2.24) is 30.0 Å². The molecule has 3 aromatic carbocycles. The Bertz CT molecular complexity index is 2020. The van der Waals surface area contributed by atoms with Gasteiger partial charge in [-0.15, -0.1) is 10.2 Å². The number of fused-ring (bicyclic) bond motifs is 4. The monoisotopic (exact) mass is 786 g/mol. The number of hydrogen-bond acceptors (Lipinski definition) is 6. The van der Waals surface area contributed by atoms with Crippen molar-refractivity contribution in [2.75, 3.05) is 0 Å². The number of halogens is 2. The van der Waals surface area contributed by atoms with Gasteiger partial charge in [0.25, 0.3) is 0 Å². The van der Waals surface area contributed by atoms with Gasteiger partial charge in [0.15, 0.2) is 0 Å². The van der Waals surface area contributed by atoms with Crippen LogP contribution in [0.3, 0.4) is 0 Å². The molecule has 8 nitrogen and oxygen atoms in total. The second-order valence-corrected chi connectivity index (χ2v) is 17.3. The first-order valence-corrected chi connectivity index (χ1v) is 18.6. The maximum atomic E-state index is 6.50. The molecule has 0 fully saturated rings. The maximum absolute atomic E-state index is 6.50. The highest BCUT2D eigenvalue weighted by Gasteiger charge is 2.56. The van der Waals surface area contributed by atoms with Crippen LogP contribution in [0.4, 0.5) is 0 Å². The van der Waals surface area contributed by atoms with Gasteiger partial charge >= 0.3 is 0 Å². The Morgan fingerprint density at radius 3 is 1.69 bits per heavy atom. The standard InChI is InChI=1S/C39H44Br2N6O2/c1-23(2)25-9-11-28(12-10-25)47-18-27(43-45-47)20-49-36-16-32-30(14-34(36)41)38(7,8)22-39(32)21-37(5,6)29-13-33(40)35(15-31(29)39)48-19-26-17-46(24(3)4)44-42-26/h9-18,23-24H,19-22H2,1-8H3. The number of ether oxygens (including phenoxy) is 2. The first-order chi connectivity index (χ1) is 23.2. The van der Waals surface area contributed by atoms with Crippen molar-refractivity contribution < 1.29 is 9.47 Å². The van der Waals surface area contributed by atoms with Crippen molar-refractivity contribution >= 4 is 31.9 Å². The molecule has 2 aliphatic carbocycles. The zero-order chi connectivity index (χ0) is 34.9. The quantitative estimate of drug-likeness (QED) is 0.148. The molecule has 1 atom stereocenters. The minimum atomic E-state index is -0.193. The van der Waals surface area contributed by atoms with Crippen molar-refractivity contribution in [3.63, 3.8) is 0 Å². The van der Waals surface area contributed by atoms with Gasteiger partial charge in [0, 0.05) is 11.5 Å². The Hall–Kier alpha value is -3.50. The number of hydrogen-bond donors (Lipinski definition) is 0. The Balaban J connectivity index is 1.19. The fraction of sp³-hybridized carbons (Fsp3) is 0.436. The van der Waals surface area contributed by atoms with Gasteiger partial charge in [-0.1, -0.05) is 64.1 Å². The normalized spacial score (nSPS) is 18.8. The number of aromatic nitrogens is 6. The third-order valence-corrected chi connectivity index (χ3v) is 11.6. The van der Waals surface area contributed by atoms with E-state index in [-0.39, 0.29) is 22.3 Å². The predicted octanol–water partition coefficient (Wildman–Crippen LogP) is 9.89. The first-order valence-electron chi connectivity index (χ1n) is 17.0. The molecule has 2 aliphatic rings. The molecule has 0 bridgehead atoms. The zero-order valence-corrected chi connectivity index (χ0v) is 32.7. The molecule has 49 heavy (non-hydrogen) atoms. The number of benzene rings is 3. The summed E-state index contributed by atoms with van der Waals surface area (Å²) in [5.41, 5.74) is 8.93. The largest absolute Gasteiger partial charge is 0.486 e. The summed E-state index contributed by atoms with van der Waals surface area (Å²) in [6, 6.07) is 17.8. The van der Waals surface area contributed by atoms with E-state index in [1.54, 1.807) is 4.68 Å². The van der Waals surface area contributed by atoms with E-state index in [1.165, 1.54) is 27.8 Å². The van der Waals surface area contributed by atoms with Crippen LogP contribution in [-0.4, -0.2) is 30.0 Å². The van der Waals surface area contributed by atoms with Crippen LogP contribution in [0.2, 0.25) is 0 Å². The average molecular weight is 789 g/mol. The Kier molecular flexibility index (Phi) is 8.58. The first kappa shape index (κ1) is 34.0. The summed E-state index contributed by atoms with van der Waals surface area (Å²) in [6.07, 6.45) is 5.88. The van der Waals surface area contributed by atoms with E-state index in [4.69, 9.17) is 9.47 Å². The van der Waals surface area contributed by atoms with Crippen LogP contribution in [-0.2, 0) is 29.5 Å². The third-order valence-electron chi connectivity index (χ3n) is 10.3. The molecular weight excluding hydrogens is 744 g/mol. The molecule has 0 saturated heterocycles. The fourth-order valence-corrected chi connectivity index (χ4v) is 8.88. The minimum Gasteiger partial charge on any atom is -0.486 e. The van der Waals surface area contributed by atoms with Crippen LogP contribution in [0.25, 0.3) is 5.69 Å². The molecule has 0 saturated carbocycles. The third kappa shape index (κ3) is 6.13. The summed E-state index contributed by atoms with van der Waals surface area (Å²) in [6.45, 7) is 18.7. The van der Waals surface area contributed by atoms with E-state index in [0.29, 0.717) is 19.1 Å². The van der Waals surface area contributed by atoms with E-state index in [2.05, 4.69) is 156 Å². The van der Waals surface area contributed by atoms with Crippen LogP contribution in [0.1, 0.15) is 119 Å². The van der Waals surface area contributed by atoms with Crippen molar-refractivity contribution in [3.8, 4) is 17.2 Å². The molecule has 7 rings (SSSR count). The smallest absolute Gasteiger partial charge is 0.134 e. The molecule has 0 aliphatic heterocycles. The molecule has 0 amide bonds. The van der Waals surface area contributed by atoms with Gasteiger partial charge in [0.05, 0.1) is 27.0 Å². The Labute approximate surface area is 305 Å². The van der Waals surface area contributed by atoms with E-state index in [9.17, 15) is 0 Å². The number of nitrogens with zero attached hydrogens (tertiary/aromatic N) is 6. The summed E-state index contributed by atoms with van der Waals surface area (Å²) in [7, 11) is 0. The zero-order valence-electron chi connectivity index (χ0n) is 29.5.